The van der Waals surface area contributed by atoms with Crippen molar-refractivity contribution < 1.29 is 19.0 Å². The van der Waals surface area contributed by atoms with Gasteiger partial charge in [-0.1, -0.05) is 19.9 Å². The van der Waals surface area contributed by atoms with Gasteiger partial charge in [0.15, 0.2) is 17.7 Å². The van der Waals surface area contributed by atoms with Gasteiger partial charge >= 0.3 is 0 Å². The fourth-order valence-electron chi connectivity index (χ4n) is 1.93. The van der Waals surface area contributed by atoms with E-state index in [1.165, 1.54) is 12.1 Å². The van der Waals surface area contributed by atoms with E-state index in [0.717, 1.165) is 12.8 Å². The van der Waals surface area contributed by atoms with E-state index in [9.17, 15) is 14.3 Å². The molecular formula is C16H24FNO3. The summed E-state index contributed by atoms with van der Waals surface area (Å²) in [6.07, 6.45) is 0.153. The molecule has 0 fully saturated rings. The molecule has 1 aromatic carbocycles. The second kappa shape index (κ2) is 7.98. The maximum atomic E-state index is 13.9. The van der Waals surface area contributed by atoms with Crippen molar-refractivity contribution in [2.45, 2.75) is 58.8 Å². The highest BCUT2D eigenvalue weighted by Crippen LogP contribution is 2.23. The molecule has 2 atom stereocenters. The molecule has 0 aliphatic rings. The molecule has 0 aliphatic heterocycles. The monoisotopic (exact) mass is 297 g/mol. The zero-order valence-corrected chi connectivity index (χ0v) is 13.0. The van der Waals surface area contributed by atoms with Crippen LogP contribution in [0, 0.1) is 5.82 Å². The van der Waals surface area contributed by atoms with Crippen LogP contribution in [-0.2, 0) is 4.79 Å². The lowest BCUT2D eigenvalue weighted by Crippen LogP contribution is -2.42. The van der Waals surface area contributed by atoms with Crippen molar-refractivity contribution in [1.82, 2.24) is 5.32 Å². The Morgan fingerprint density at radius 2 is 1.95 bits per heavy atom. The number of carbonyl (C=O) groups excluding carboxylic acids is 1. The van der Waals surface area contributed by atoms with E-state index in [4.69, 9.17) is 4.74 Å². The molecule has 1 amide bonds. The highest BCUT2D eigenvalue weighted by atomic mass is 19.1. The zero-order valence-electron chi connectivity index (χ0n) is 13.0. The molecule has 0 aliphatic carbocycles. The Bertz CT molecular complexity index is 473. The predicted molar refractivity (Wildman–Crippen MR) is 79.6 cm³/mol. The minimum Gasteiger partial charge on any atom is -0.478 e. The summed E-state index contributed by atoms with van der Waals surface area (Å²) in [5.41, 5.74) is 0.467. The molecule has 0 saturated heterocycles. The van der Waals surface area contributed by atoms with Crippen LogP contribution in [0.1, 0.15) is 52.2 Å². The number of hydrogen-bond acceptors (Lipinski definition) is 3. The van der Waals surface area contributed by atoms with Crippen LogP contribution in [0.3, 0.4) is 0 Å². The lowest BCUT2D eigenvalue weighted by molar-refractivity contribution is -0.128. The molecule has 0 radical (unpaired) electrons. The van der Waals surface area contributed by atoms with E-state index in [0.29, 0.717) is 5.56 Å². The van der Waals surface area contributed by atoms with Gasteiger partial charge in [-0.05, 0) is 44.4 Å². The van der Waals surface area contributed by atoms with Crippen molar-refractivity contribution in [2.75, 3.05) is 0 Å². The molecule has 5 heteroatoms. The number of aliphatic hydroxyl groups is 1. The Kier molecular flexibility index (Phi) is 6.62. The Labute approximate surface area is 125 Å². The molecule has 0 bridgehead atoms. The van der Waals surface area contributed by atoms with Crippen LogP contribution in [0.15, 0.2) is 18.2 Å². The molecule has 2 unspecified atom stereocenters. The molecule has 0 spiro atoms. The summed E-state index contributed by atoms with van der Waals surface area (Å²) < 4.78 is 19.2. The summed E-state index contributed by atoms with van der Waals surface area (Å²) in [7, 11) is 0. The van der Waals surface area contributed by atoms with E-state index >= 15 is 0 Å². The van der Waals surface area contributed by atoms with Crippen molar-refractivity contribution in [3.8, 4) is 5.75 Å². The Morgan fingerprint density at radius 3 is 2.43 bits per heavy atom. The number of rotatable bonds is 7. The number of nitrogens with one attached hydrogen (secondary N) is 1. The van der Waals surface area contributed by atoms with Gasteiger partial charge in [-0.15, -0.1) is 0 Å². The fraction of sp³-hybridized carbons (Fsp3) is 0.562. The lowest BCUT2D eigenvalue weighted by atomic mass is 10.1. The highest BCUT2D eigenvalue weighted by molar-refractivity contribution is 5.81. The lowest BCUT2D eigenvalue weighted by Gasteiger charge is -2.20. The van der Waals surface area contributed by atoms with Crippen LogP contribution >= 0.6 is 0 Å². The normalized spacial score (nSPS) is 13.9. The Morgan fingerprint density at radius 1 is 1.33 bits per heavy atom. The van der Waals surface area contributed by atoms with Gasteiger partial charge in [-0.2, -0.15) is 0 Å². The van der Waals surface area contributed by atoms with Crippen LogP contribution in [-0.4, -0.2) is 23.2 Å². The third-order valence-corrected chi connectivity index (χ3v) is 3.44. The molecule has 1 aromatic rings. The van der Waals surface area contributed by atoms with Gasteiger partial charge < -0.3 is 15.2 Å². The SMILES string of the molecule is CCC(CC)NC(=O)C(C)Oc1ccc(C(C)O)cc1F. The summed E-state index contributed by atoms with van der Waals surface area (Å²) in [5, 5.41) is 12.3. The van der Waals surface area contributed by atoms with Crippen molar-refractivity contribution in [1.29, 1.82) is 0 Å². The van der Waals surface area contributed by atoms with Crippen LogP contribution in [0.25, 0.3) is 0 Å². The minimum atomic E-state index is -0.780. The van der Waals surface area contributed by atoms with Gasteiger partial charge in [-0.25, -0.2) is 4.39 Å². The van der Waals surface area contributed by atoms with Crippen LogP contribution in [0.2, 0.25) is 0 Å². The van der Waals surface area contributed by atoms with Gasteiger partial charge in [-0.3, -0.25) is 4.79 Å². The maximum absolute atomic E-state index is 13.9. The largest absolute Gasteiger partial charge is 0.478 e. The van der Waals surface area contributed by atoms with Gasteiger partial charge in [0.1, 0.15) is 0 Å². The molecule has 4 nitrogen and oxygen atoms in total. The van der Waals surface area contributed by atoms with Crippen molar-refractivity contribution in [3.63, 3.8) is 0 Å². The van der Waals surface area contributed by atoms with Gasteiger partial charge in [0.2, 0.25) is 0 Å². The maximum Gasteiger partial charge on any atom is 0.260 e. The number of amides is 1. The van der Waals surface area contributed by atoms with Crippen LogP contribution in [0.4, 0.5) is 4.39 Å². The average Bonchev–Trinajstić information content (AvgIpc) is 2.46. The zero-order chi connectivity index (χ0) is 16.0. The van der Waals surface area contributed by atoms with Gasteiger partial charge in [0.25, 0.3) is 5.91 Å². The van der Waals surface area contributed by atoms with E-state index in [1.807, 2.05) is 13.8 Å². The van der Waals surface area contributed by atoms with E-state index in [1.54, 1.807) is 19.9 Å². The van der Waals surface area contributed by atoms with Gasteiger partial charge in [0, 0.05) is 6.04 Å². The molecule has 118 valence electrons. The van der Waals surface area contributed by atoms with Crippen LogP contribution in [0.5, 0.6) is 5.75 Å². The quantitative estimate of drug-likeness (QED) is 0.813. The Hall–Kier alpha value is -1.62. The predicted octanol–water partition coefficient (Wildman–Crippen LogP) is 2.95. The molecule has 0 saturated carbocycles. The third-order valence-electron chi connectivity index (χ3n) is 3.44. The summed E-state index contributed by atoms with van der Waals surface area (Å²) in [4.78, 5) is 12.0. The summed E-state index contributed by atoms with van der Waals surface area (Å²) in [5.74, 6) is -0.843. The first-order valence-electron chi connectivity index (χ1n) is 7.33. The fourth-order valence-corrected chi connectivity index (χ4v) is 1.93. The molecular weight excluding hydrogens is 273 g/mol. The van der Waals surface area contributed by atoms with E-state index < -0.39 is 18.0 Å². The van der Waals surface area contributed by atoms with Crippen molar-refractivity contribution in [2.24, 2.45) is 0 Å². The molecule has 0 aromatic heterocycles. The first-order valence-corrected chi connectivity index (χ1v) is 7.33. The smallest absolute Gasteiger partial charge is 0.260 e. The summed E-state index contributed by atoms with van der Waals surface area (Å²) in [6.45, 7) is 7.13. The number of aliphatic hydroxyl groups excluding tert-OH is 1. The standard InChI is InChI=1S/C16H24FNO3/c1-5-13(6-2)18-16(20)11(4)21-15-8-7-12(10(3)19)9-14(15)17/h7-11,13,19H,5-6H2,1-4H3,(H,18,20). The summed E-state index contributed by atoms with van der Waals surface area (Å²) >= 11 is 0. The molecule has 21 heavy (non-hydrogen) atoms. The Balaban J connectivity index is 2.70. The molecule has 0 heterocycles. The number of halogens is 1. The number of hydrogen-bond donors (Lipinski definition) is 2. The number of carbonyl (C=O) groups is 1. The number of ether oxygens (including phenoxy) is 1. The minimum absolute atomic E-state index is 0.00611. The summed E-state index contributed by atoms with van der Waals surface area (Å²) in [6, 6.07) is 4.32. The number of benzene rings is 1. The van der Waals surface area contributed by atoms with Gasteiger partial charge in [0.05, 0.1) is 6.10 Å². The highest BCUT2D eigenvalue weighted by Gasteiger charge is 2.19. The first-order chi connectivity index (χ1) is 9.88. The van der Waals surface area contributed by atoms with Crippen molar-refractivity contribution >= 4 is 5.91 Å². The second-order valence-corrected chi connectivity index (χ2v) is 5.15. The average molecular weight is 297 g/mol. The van der Waals surface area contributed by atoms with E-state index in [2.05, 4.69) is 5.32 Å². The van der Waals surface area contributed by atoms with E-state index in [-0.39, 0.29) is 17.7 Å². The second-order valence-electron chi connectivity index (χ2n) is 5.15. The first kappa shape index (κ1) is 17.4. The molecule has 2 N–H and O–H groups in total. The van der Waals surface area contributed by atoms with Crippen LogP contribution < -0.4 is 10.1 Å². The molecule has 1 rings (SSSR count). The third kappa shape index (κ3) is 5.01. The topological polar surface area (TPSA) is 58.6 Å². The van der Waals surface area contributed by atoms with Crippen molar-refractivity contribution in [3.05, 3.63) is 29.6 Å².